The van der Waals surface area contributed by atoms with Gasteiger partial charge in [-0.1, -0.05) is 39.0 Å². The summed E-state index contributed by atoms with van der Waals surface area (Å²) in [5.74, 6) is 0.456. The zero-order chi connectivity index (χ0) is 16.4. The molecule has 1 unspecified atom stereocenters. The Morgan fingerprint density at radius 3 is 2.70 bits per heavy atom. The molecule has 0 aliphatic carbocycles. The maximum absolute atomic E-state index is 12.8. The molecule has 3 aromatic rings. The van der Waals surface area contributed by atoms with Gasteiger partial charge in [-0.3, -0.25) is 9.78 Å². The lowest BCUT2D eigenvalue weighted by Crippen LogP contribution is -2.34. The predicted molar refractivity (Wildman–Crippen MR) is 85.9 cm³/mol. The molecule has 3 rings (SSSR count). The van der Waals surface area contributed by atoms with Gasteiger partial charge < -0.3 is 4.74 Å². The molecule has 0 aliphatic rings. The highest BCUT2D eigenvalue weighted by Gasteiger charge is 2.33. The van der Waals surface area contributed by atoms with Crippen LogP contribution >= 0.6 is 0 Å². The first-order valence-electron chi connectivity index (χ1n) is 7.35. The third-order valence-corrected chi connectivity index (χ3v) is 3.47. The summed E-state index contributed by atoms with van der Waals surface area (Å²) >= 11 is 0. The zero-order valence-corrected chi connectivity index (χ0v) is 13.3. The number of para-hydroxylation sites is 1. The Kier molecular flexibility index (Phi) is 3.82. The van der Waals surface area contributed by atoms with Crippen molar-refractivity contribution in [1.29, 1.82) is 0 Å². The summed E-state index contributed by atoms with van der Waals surface area (Å²) in [5, 5.41) is 5.02. The molecule has 0 aliphatic heterocycles. The second kappa shape index (κ2) is 5.79. The van der Waals surface area contributed by atoms with Crippen molar-refractivity contribution in [3.8, 4) is 5.75 Å². The van der Waals surface area contributed by atoms with Crippen molar-refractivity contribution in [2.45, 2.75) is 27.0 Å². The number of rotatable bonds is 4. The molecule has 0 saturated heterocycles. The maximum Gasteiger partial charge on any atom is 0.252 e. The van der Waals surface area contributed by atoms with Gasteiger partial charge in [0.2, 0.25) is 5.78 Å². The van der Waals surface area contributed by atoms with E-state index in [9.17, 15) is 4.79 Å². The molecule has 1 aromatic carbocycles. The fraction of sp³-hybridized carbons (Fsp3) is 0.294. The number of ketones is 1. The quantitative estimate of drug-likeness (QED) is 0.741. The zero-order valence-electron chi connectivity index (χ0n) is 13.3. The van der Waals surface area contributed by atoms with E-state index in [1.54, 1.807) is 12.3 Å². The monoisotopic (exact) mass is 310 g/mol. The molecule has 0 radical (unpaired) electrons. The molecule has 0 spiro atoms. The Hall–Kier alpha value is -2.76. The van der Waals surface area contributed by atoms with Crippen LogP contribution in [0.3, 0.4) is 0 Å². The lowest BCUT2D eigenvalue weighted by Gasteiger charge is -2.25. The minimum absolute atomic E-state index is 0.0871. The molecule has 0 N–H and O–H groups in total. The van der Waals surface area contributed by atoms with Gasteiger partial charge in [-0.25, -0.2) is 9.67 Å². The molecule has 6 nitrogen and oxygen atoms in total. The van der Waals surface area contributed by atoms with Gasteiger partial charge in [-0.15, -0.1) is 0 Å². The van der Waals surface area contributed by atoms with Gasteiger partial charge in [0, 0.05) is 17.0 Å². The van der Waals surface area contributed by atoms with Crippen molar-refractivity contribution in [3.63, 3.8) is 0 Å². The molecular formula is C17H18N4O2. The molecule has 118 valence electrons. The summed E-state index contributed by atoms with van der Waals surface area (Å²) < 4.78 is 7.43. The molecule has 0 saturated carbocycles. The Bertz CT molecular complexity index is 817. The highest BCUT2D eigenvalue weighted by atomic mass is 16.5. The van der Waals surface area contributed by atoms with Crippen LogP contribution < -0.4 is 4.74 Å². The first kappa shape index (κ1) is 15.1. The van der Waals surface area contributed by atoms with E-state index in [0.717, 1.165) is 5.39 Å². The highest BCUT2D eigenvalue weighted by molar-refractivity contribution is 5.88. The Balaban J connectivity index is 2.03. The van der Waals surface area contributed by atoms with Gasteiger partial charge in [-0.05, 0) is 12.1 Å². The second-order valence-corrected chi connectivity index (χ2v) is 6.29. The van der Waals surface area contributed by atoms with E-state index in [0.29, 0.717) is 11.3 Å². The molecule has 6 heteroatoms. The van der Waals surface area contributed by atoms with Crippen LogP contribution in [-0.2, 0) is 4.79 Å². The molecule has 0 fully saturated rings. The Morgan fingerprint density at radius 2 is 2.00 bits per heavy atom. The van der Waals surface area contributed by atoms with Gasteiger partial charge in [0.1, 0.15) is 23.9 Å². The topological polar surface area (TPSA) is 69.9 Å². The molecule has 1 atom stereocenters. The average Bonchev–Trinajstić information content (AvgIpc) is 3.05. The van der Waals surface area contributed by atoms with E-state index in [-0.39, 0.29) is 5.78 Å². The molecule has 2 heterocycles. The number of hydrogen-bond donors (Lipinski definition) is 0. The predicted octanol–water partition coefficient (Wildman–Crippen LogP) is 3.02. The van der Waals surface area contributed by atoms with Crippen molar-refractivity contribution < 1.29 is 9.53 Å². The minimum atomic E-state index is -0.884. The fourth-order valence-electron chi connectivity index (χ4n) is 2.23. The minimum Gasteiger partial charge on any atom is -0.459 e. The van der Waals surface area contributed by atoms with E-state index >= 15 is 0 Å². The van der Waals surface area contributed by atoms with Crippen LogP contribution in [0, 0.1) is 5.41 Å². The van der Waals surface area contributed by atoms with E-state index in [4.69, 9.17) is 4.74 Å². The normalized spacial score (nSPS) is 13.0. The molecule has 0 amide bonds. The Morgan fingerprint density at radius 1 is 1.22 bits per heavy atom. The summed E-state index contributed by atoms with van der Waals surface area (Å²) in [6.07, 6.45) is 3.68. The largest absolute Gasteiger partial charge is 0.459 e. The molecule has 23 heavy (non-hydrogen) atoms. The second-order valence-electron chi connectivity index (χ2n) is 6.29. The molecular weight excluding hydrogens is 292 g/mol. The van der Waals surface area contributed by atoms with Crippen molar-refractivity contribution in [2.75, 3.05) is 0 Å². The molecule has 2 aromatic heterocycles. The number of fused-ring (bicyclic) bond motifs is 1. The number of Topliss-reactive ketones (excluding diaryl/α,β-unsaturated/α-hetero) is 1. The SMILES string of the molecule is CC(C)(C)C(=O)C(Oc1cccc2cccnc12)n1cncn1. The van der Waals surface area contributed by atoms with E-state index < -0.39 is 11.6 Å². The third kappa shape index (κ3) is 3.06. The average molecular weight is 310 g/mol. The summed E-state index contributed by atoms with van der Waals surface area (Å²) in [4.78, 5) is 21.0. The van der Waals surface area contributed by atoms with Crippen LogP contribution in [0.4, 0.5) is 0 Å². The van der Waals surface area contributed by atoms with E-state index in [2.05, 4.69) is 15.1 Å². The van der Waals surface area contributed by atoms with Gasteiger partial charge in [0.25, 0.3) is 6.23 Å². The van der Waals surface area contributed by atoms with Gasteiger partial charge >= 0.3 is 0 Å². The highest BCUT2D eigenvalue weighted by Crippen LogP contribution is 2.29. The van der Waals surface area contributed by atoms with Gasteiger partial charge in [0.15, 0.2) is 0 Å². The smallest absolute Gasteiger partial charge is 0.252 e. The maximum atomic E-state index is 12.8. The van der Waals surface area contributed by atoms with Crippen molar-refractivity contribution in [3.05, 3.63) is 49.2 Å². The first-order valence-corrected chi connectivity index (χ1v) is 7.35. The summed E-state index contributed by atoms with van der Waals surface area (Å²) in [6.45, 7) is 5.55. The van der Waals surface area contributed by atoms with E-state index in [1.807, 2.05) is 45.0 Å². The standard InChI is InChI=1S/C17H18N4O2/c1-17(2,3)15(22)16(21-11-18-10-20-21)23-13-8-4-6-12-7-5-9-19-14(12)13/h4-11,16H,1-3H3. The van der Waals surface area contributed by atoms with Crippen LogP contribution in [0.25, 0.3) is 10.9 Å². The van der Waals surface area contributed by atoms with Gasteiger partial charge in [0.05, 0.1) is 0 Å². The number of hydrogen-bond acceptors (Lipinski definition) is 5. The number of carbonyl (C=O) groups is 1. The summed E-state index contributed by atoms with van der Waals surface area (Å²) in [7, 11) is 0. The van der Waals surface area contributed by atoms with Crippen LogP contribution in [0.15, 0.2) is 49.2 Å². The van der Waals surface area contributed by atoms with E-state index in [1.165, 1.54) is 17.3 Å². The third-order valence-electron chi connectivity index (χ3n) is 3.47. The van der Waals surface area contributed by atoms with Crippen molar-refractivity contribution in [2.24, 2.45) is 5.41 Å². The number of aromatic nitrogens is 4. The van der Waals surface area contributed by atoms with Crippen molar-refractivity contribution >= 4 is 16.7 Å². The molecule has 0 bridgehead atoms. The fourth-order valence-corrected chi connectivity index (χ4v) is 2.23. The summed E-state index contributed by atoms with van der Waals surface area (Å²) in [6, 6.07) is 9.44. The van der Waals surface area contributed by atoms with Gasteiger partial charge in [-0.2, -0.15) is 5.10 Å². The lowest BCUT2D eigenvalue weighted by molar-refractivity contribution is -0.138. The van der Waals surface area contributed by atoms with Crippen molar-refractivity contribution in [1.82, 2.24) is 19.7 Å². The number of ether oxygens (including phenoxy) is 1. The number of carbonyl (C=O) groups excluding carboxylic acids is 1. The van der Waals surface area contributed by atoms with Crippen LogP contribution in [0.5, 0.6) is 5.75 Å². The summed E-state index contributed by atoms with van der Waals surface area (Å²) in [5.41, 5.74) is 0.135. The van der Waals surface area contributed by atoms with Crippen LogP contribution in [0.1, 0.15) is 27.0 Å². The number of pyridine rings is 1. The number of nitrogens with zero attached hydrogens (tertiary/aromatic N) is 4. The first-order chi connectivity index (χ1) is 11.0. The Labute approximate surface area is 134 Å². The van der Waals surface area contributed by atoms with Crippen LogP contribution in [0.2, 0.25) is 0 Å². The van der Waals surface area contributed by atoms with Crippen LogP contribution in [-0.4, -0.2) is 25.5 Å². The number of benzene rings is 1. The lowest BCUT2D eigenvalue weighted by atomic mass is 9.90.